The summed E-state index contributed by atoms with van der Waals surface area (Å²) in [5.41, 5.74) is 0. The number of carbonyl (C=O) groups excluding carboxylic acids is 2. The first-order chi connectivity index (χ1) is 12.7. The third-order valence-electron chi connectivity index (χ3n) is 4.52. The highest BCUT2D eigenvalue weighted by Gasteiger charge is 2.28. The zero-order valence-corrected chi connectivity index (χ0v) is 14.7. The highest BCUT2D eigenvalue weighted by Crippen LogP contribution is 2.19. The number of nitrogens with one attached hydrogen (secondary N) is 1. The van der Waals surface area contributed by atoms with Gasteiger partial charge in [0.25, 0.3) is 5.91 Å². The van der Waals surface area contributed by atoms with E-state index in [1.807, 2.05) is 30.3 Å². The molecule has 0 aliphatic carbocycles. The van der Waals surface area contributed by atoms with Gasteiger partial charge < -0.3 is 19.4 Å². The molecule has 1 aromatic carbocycles. The largest absolute Gasteiger partial charge is 0.494 e. The van der Waals surface area contributed by atoms with Crippen LogP contribution in [0.25, 0.3) is 0 Å². The number of likely N-dealkylation sites (tertiary alicyclic amines) is 1. The lowest BCUT2D eigenvalue weighted by molar-refractivity contribution is -0.126. The lowest BCUT2D eigenvalue weighted by Crippen LogP contribution is -2.43. The number of rotatable bonds is 7. The lowest BCUT2D eigenvalue weighted by atomic mass is 9.95. The number of hydrogen-bond donors (Lipinski definition) is 1. The maximum absolute atomic E-state index is 12.3. The Morgan fingerprint density at radius 1 is 1.12 bits per heavy atom. The molecule has 1 aromatic heterocycles. The minimum Gasteiger partial charge on any atom is -0.494 e. The van der Waals surface area contributed by atoms with Crippen molar-refractivity contribution < 1.29 is 18.7 Å². The van der Waals surface area contributed by atoms with Gasteiger partial charge in [-0.15, -0.1) is 0 Å². The molecule has 1 fully saturated rings. The standard InChI is InChI=1S/C20H24N2O4/c23-19(21-11-5-15-25-17-6-2-1-3-7-17)16-9-12-22(13-10-16)20(24)18-8-4-14-26-18/h1-4,6-8,14,16H,5,9-13,15H2,(H,21,23). The van der Waals surface area contributed by atoms with E-state index < -0.39 is 0 Å². The number of nitrogens with zero attached hydrogens (tertiary/aromatic N) is 1. The van der Waals surface area contributed by atoms with Crippen LogP contribution in [0.5, 0.6) is 5.75 Å². The normalized spacial score (nSPS) is 14.8. The van der Waals surface area contributed by atoms with Crippen molar-refractivity contribution in [3.63, 3.8) is 0 Å². The van der Waals surface area contributed by atoms with Crippen LogP contribution < -0.4 is 10.1 Å². The van der Waals surface area contributed by atoms with Crippen molar-refractivity contribution in [1.29, 1.82) is 0 Å². The number of hydrogen-bond acceptors (Lipinski definition) is 4. The van der Waals surface area contributed by atoms with E-state index in [0.29, 0.717) is 44.8 Å². The Morgan fingerprint density at radius 3 is 2.58 bits per heavy atom. The fourth-order valence-electron chi connectivity index (χ4n) is 3.04. The van der Waals surface area contributed by atoms with Crippen molar-refractivity contribution in [2.75, 3.05) is 26.2 Å². The topological polar surface area (TPSA) is 71.8 Å². The smallest absolute Gasteiger partial charge is 0.289 e. The zero-order chi connectivity index (χ0) is 18.2. The van der Waals surface area contributed by atoms with Crippen LogP contribution in [0.4, 0.5) is 0 Å². The molecule has 2 aromatic rings. The second-order valence-corrected chi connectivity index (χ2v) is 6.35. The second kappa shape index (κ2) is 9.08. The Hall–Kier alpha value is -2.76. The number of para-hydroxylation sites is 1. The Labute approximate surface area is 153 Å². The summed E-state index contributed by atoms with van der Waals surface area (Å²) in [4.78, 5) is 26.2. The Bertz CT molecular complexity index is 692. The summed E-state index contributed by atoms with van der Waals surface area (Å²) >= 11 is 0. The summed E-state index contributed by atoms with van der Waals surface area (Å²) in [6.45, 7) is 2.32. The molecule has 6 nitrogen and oxygen atoms in total. The van der Waals surface area contributed by atoms with Crippen LogP contribution in [0.2, 0.25) is 0 Å². The highest BCUT2D eigenvalue weighted by atomic mass is 16.5. The second-order valence-electron chi connectivity index (χ2n) is 6.35. The third-order valence-corrected chi connectivity index (χ3v) is 4.52. The van der Waals surface area contributed by atoms with Crippen LogP contribution in [0.3, 0.4) is 0 Å². The van der Waals surface area contributed by atoms with Gasteiger partial charge in [-0.05, 0) is 43.5 Å². The molecule has 2 amide bonds. The average Bonchev–Trinajstić information content (AvgIpc) is 3.23. The molecule has 6 heteroatoms. The molecule has 26 heavy (non-hydrogen) atoms. The van der Waals surface area contributed by atoms with E-state index in [2.05, 4.69) is 5.32 Å². The first kappa shape index (κ1) is 18.0. The van der Waals surface area contributed by atoms with Crippen LogP contribution in [0, 0.1) is 5.92 Å². The van der Waals surface area contributed by atoms with Crippen LogP contribution in [0.15, 0.2) is 53.1 Å². The molecule has 0 atom stereocenters. The molecule has 0 unspecified atom stereocenters. The van der Waals surface area contributed by atoms with Crippen LogP contribution in [-0.2, 0) is 4.79 Å². The van der Waals surface area contributed by atoms with E-state index in [9.17, 15) is 9.59 Å². The minimum atomic E-state index is -0.105. The van der Waals surface area contributed by atoms with Gasteiger partial charge in [0, 0.05) is 25.6 Å². The molecule has 0 spiro atoms. The number of piperidine rings is 1. The van der Waals surface area contributed by atoms with Crippen LogP contribution in [-0.4, -0.2) is 43.0 Å². The Balaban J connectivity index is 1.32. The summed E-state index contributed by atoms with van der Waals surface area (Å²) in [7, 11) is 0. The van der Waals surface area contributed by atoms with Crippen molar-refractivity contribution >= 4 is 11.8 Å². The van der Waals surface area contributed by atoms with Gasteiger partial charge in [0.1, 0.15) is 5.75 Å². The number of carbonyl (C=O) groups is 2. The van der Waals surface area contributed by atoms with Gasteiger partial charge >= 0.3 is 0 Å². The first-order valence-corrected chi connectivity index (χ1v) is 9.02. The molecule has 138 valence electrons. The highest BCUT2D eigenvalue weighted by molar-refractivity contribution is 5.91. The number of ether oxygens (including phenoxy) is 1. The van der Waals surface area contributed by atoms with Crippen LogP contribution in [0.1, 0.15) is 29.8 Å². The van der Waals surface area contributed by atoms with Gasteiger partial charge in [-0.1, -0.05) is 18.2 Å². The van der Waals surface area contributed by atoms with Crippen molar-refractivity contribution in [3.05, 3.63) is 54.5 Å². The molecule has 1 N–H and O–H groups in total. The van der Waals surface area contributed by atoms with Gasteiger partial charge in [0.2, 0.25) is 5.91 Å². The summed E-state index contributed by atoms with van der Waals surface area (Å²) in [6.07, 6.45) is 3.61. The third kappa shape index (κ3) is 4.88. The van der Waals surface area contributed by atoms with E-state index in [0.717, 1.165) is 12.2 Å². The SMILES string of the molecule is O=C(NCCCOc1ccccc1)C1CCN(C(=O)c2ccco2)CC1. The molecule has 1 aliphatic heterocycles. The maximum atomic E-state index is 12.3. The molecular formula is C20H24N2O4. The molecule has 3 rings (SSSR count). The van der Waals surface area contributed by atoms with Gasteiger partial charge in [0.05, 0.1) is 12.9 Å². The summed E-state index contributed by atoms with van der Waals surface area (Å²) in [6, 6.07) is 13.0. The van der Waals surface area contributed by atoms with E-state index in [1.54, 1.807) is 17.0 Å². The van der Waals surface area contributed by atoms with Gasteiger partial charge in [-0.2, -0.15) is 0 Å². The average molecular weight is 356 g/mol. The van der Waals surface area contributed by atoms with E-state index in [1.165, 1.54) is 6.26 Å². The van der Waals surface area contributed by atoms with Crippen LogP contribution >= 0.6 is 0 Å². The van der Waals surface area contributed by atoms with Gasteiger partial charge in [-0.25, -0.2) is 0 Å². The minimum absolute atomic E-state index is 0.0364. The molecule has 1 aliphatic rings. The van der Waals surface area contributed by atoms with Gasteiger partial charge in [0.15, 0.2) is 5.76 Å². The quantitative estimate of drug-likeness (QED) is 0.775. The number of benzene rings is 1. The van der Waals surface area contributed by atoms with Crippen molar-refractivity contribution in [3.8, 4) is 5.75 Å². The van der Waals surface area contributed by atoms with E-state index in [-0.39, 0.29) is 17.7 Å². The first-order valence-electron chi connectivity index (χ1n) is 9.02. The fraction of sp³-hybridized carbons (Fsp3) is 0.400. The molecule has 1 saturated heterocycles. The summed E-state index contributed by atoms with van der Waals surface area (Å²) < 4.78 is 10.8. The molecule has 2 heterocycles. The van der Waals surface area contributed by atoms with Crippen molar-refractivity contribution in [1.82, 2.24) is 10.2 Å². The summed E-state index contributed by atoms with van der Waals surface area (Å²) in [5, 5.41) is 2.97. The number of amides is 2. The molecule has 0 bridgehead atoms. The summed E-state index contributed by atoms with van der Waals surface area (Å²) in [5.74, 6) is 1.12. The Morgan fingerprint density at radius 2 is 1.88 bits per heavy atom. The molecular weight excluding hydrogens is 332 g/mol. The zero-order valence-electron chi connectivity index (χ0n) is 14.7. The molecule has 0 radical (unpaired) electrons. The molecule has 0 saturated carbocycles. The lowest BCUT2D eigenvalue weighted by Gasteiger charge is -2.30. The van der Waals surface area contributed by atoms with Gasteiger partial charge in [-0.3, -0.25) is 9.59 Å². The van der Waals surface area contributed by atoms with Crippen molar-refractivity contribution in [2.45, 2.75) is 19.3 Å². The predicted octanol–water partition coefficient (Wildman–Crippen LogP) is 2.72. The fourth-order valence-corrected chi connectivity index (χ4v) is 3.04. The number of furan rings is 1. The Kier molecular flexibility index (Phi) is 6.30. The monoisotopic (exact) mass is 356 g/mol. The van der Waals surface area contributed by atoms with E-state index in [4.69, 9.17) is 9.15 Å². The maximum Gasteiger partial charge on any atom is 0.289 e. The van der Waals surface area contributed by atoms with E-state index >= 15 is 0 Å². The van der Waals surface area contributed by atoms with Crippen molar-refractivity contribution in [2.24, 2.45) is 5.92 Å². The predicted molar refractivity (Wildman–Crippen MR) is 96.9 cm³/mol.